The second-order valence-corrected chi connectivity index (χ2v) is 4.96. The minimum atomic E-state index is -0.642. The molecule has 1 atom stereocenters. The molecule has 0 heterocycles. The molecule has 0 fully saturated rings. The van der Waals surface area contributed by atoms with Crippen LogP contribution in [0, 0.1) is 6.92 Å². The molecule has 0 aliphatic carbocycles. The first kappa shape index (κ1) is 15.6. The predicted octanol–water partition coefficient (Wildman–Crippen LogP) is 2.50. The molecule has 5 heteroatoms. The lowest BCUT2D eigenvalue weighted by atomic mass is 10.2. The summed E-state index contributed by atoms with van der Waals surface area (Å²) in [5.41, 5.74) is 7.10. The fourth-order valence-corrected chi connectivity index (χ4v) is 1.89. The van der Waals surface area contributed by atoms with Crippen molar-refractivity contribution in [2.24, 2.45) is 5.73 Å². The summed E-state index contributed by atoms with van der Waals surface area (Å²) in [5.74, 6) is -0.0987. The topological polar surface area (TPSA) is 81.4 Å². The number of anilines is 1. The monoisotopic (exact) mass is 298 g/mol. The maximum Gasteiger partial charge on any atom is 0.265 e. The summed E-state index contributed by atoms with van der Waals surface area (Å²) in [5, 5.41) is 2.73. The van der Waals surface area contributed by atoms with Crippen LogP contribution in [0.1, 0.15) is 22.8 Å². The SMILES string of the molecule is Cc1ccccc1O[C@H](C)C(=O)Nc1ccc(C(N)=O)cc1. The van der Waals surface area contributed by atoms with E-state index in [4.69, 9.17) is 10.5 Å². The lowest BCUT2D eigenvalue weighted by Crippen LogP contribution is -2.30. The smallest absolute Gasteiger partial charge is 0.265 e. The lowest BCUT2D eigenvalue weighted by Gasteiger charge is -2.16. The van der Waals surface area contributed by atoms with E-state index in [2.05, 4.69) is 5.32 Å². The number of aryl methyl sites for hydroxylation is 1. The highest BCUT2D eigenvalue weighted by molar-refractivity contribution is 5.96. The van der Waals surface area contributed by atoms with Gasteiger partial charge < -0.3 is 15.8 Å². The van der Waals surface area contributed by atoms with Crippen LogP contribution in [0.4, 0.5) is 5.69 Å². The molecule has 0 aromatic heterocycles. The van der Waals surface area contributed by atoms with Gasteiger partial charge in [-0.25, -0.2) is 0 Å². The number of para-hydroxylation sites is 1. The van der Waals surface area contributed by atoms with Crippen molar-refractivity contribution >= 4 is 17.5 Å². The molecule has 22 heavy (non-hydrogen) atoms. The summed E-state index contributed by atoms with van der Waals surface area (Å²) < 4.78 is 5.65. The second-order valence-electron chi connectivity index (χ2n) is 4.96. The van der Waals surface area contributed by atoms with Crippen molar-refractivity contribution in [2.45, 2.75) is 20.0 Å². The zero-order chi connectivity index (χ0) is 16.1. The van der Waals surface area contributed by atoms with Crippen LogP contribution in [0.2, 0.25) is 0 Å². The van der Waals surface area contributed by atoms with Crippen LogP contribution in [0.3, 0.4) is 0 Å². The number of hydrogen-bond donors (Lipinski definition) is 2. The summed E-state index contributed by atoms with van der Waals surface area (Å²) in [7, 11) is 0. The van der Waals surface area contributed by atoms with Crippen molar-refractivity contribution in [3.8, 4) is 5.75 Å². The summed E-state index contributed by atoms with van der Waals surface area (Å²) in [4.78, 5) is 23.1. The second kappa shape index (κ2) is 6.76. The minimum absolute atomic E-state index is 0.268. The van der Waals surface area contributed by atoms with Gasteiger partial charge in [-0.15, -0.1) is 0 Å². The number of ether oxygens (including phenoxy) is 1. The molecule has 0 aliphatic heterocycles. The maximum atomic E-state index is 12.1. The van der Waals surface area contributed by atoms with Gasteiger partial charge in [0.15, 0.2) is 6.10 Å². The van der Waals surface area contributed by atoms with Gasteiger partial charge in [-0.1, -0.05) is 18.2 Å². The van der Waals surface area contributed by atoms with Crippen molar-refractivity contribution in [3.05, 3.63) is 59.7 Å². The van der Waals surface area contributed by atoms with E-state index >= 15 is 0 Å². The molecule has 0 aliphatic rings. The van der Waals surface area contributed by atoms with Gasteiger partial charge in [0.1, 0.15) is 5.75 Å². The van der Waals surface area contributed by atoms with Gasteiger partial charge >= 0.3 is 0 Å². The molecule has 3 N–H and O–H groups in total. The number of benzene rings is 2. The molecule has 2 rings (SSSR count). The van der Waals surface area contributed by atoms with E-state index in [0.29, 0.717) is 17.0 Å². The molecular formula is C17H18N2O3. The summed E-state index contributed by atoms with van der Waals surface area (Å²) in [6.07, 6.45) is -0.642. The first-order valence-corrected chi connectivity index (χ1v) is 6.90. The molecule has 0 bridgehead atoms. The van der Waals surface area contributed by atoms with E-state index in [1.807, 2.05) is 31.2 Å². The van der Waals surface area contributed by atoms with Gasteiger partial charge in [0, 0.05) is 11.3 Å². The number of nitrogens with two attached hydrogens (primary N) is 1. The third-order valence-corrected chi connectivity index (χ3v) is 3.20. The number of hydrogen-bond acceptors (Lipinski definition) is 3. The van der Waals surface area contributed by atoms with Crippen molar-refractivity contribution in [1.82, 2.24) is 0 Å². The molecule has 0 saturated heterocycles. The largest absolute Gasteiger partial charge is 0.481 e. The average Bonchev–Trinajstić information content (AvgIpc) is 2.50. The maximum absolute atomic E-state index is 12.1. The highest BCUT2D eigenvalue weighted by atomic mass is 16.5. The van der Waals surface area contributed by atoms with Crippen LogP contribution in [0.15, 0.2) is 48.5 Å². The predicted molar refractivity (Wildman–Crippen MR) is 84.9 cm³/mol. The molecule has 0 saturated carbocycles. The Bertz CT molecular complexity index is 681. The standard InChI is InChI=1S/C17H18N2O3/c1-11-5-3-4-6-15(11)22-12(2)17(21)19-14-9-7-13(8-10-14)16(18)20/h3-10,12H,1-2H3,(H2,18,20)(H,19,21)/t12-/m1/s1. The van der Waals surface area contributed by atoms with Gasteiger partial charge in [0.25, 0.3) is 5.91 Å². The normalized spacial score (nSPS) is 11.5. The quantitative estimate of drug-likeness (QED) is 0.889. The number of primary amides is 1. The molecule has 2 aromatic rings. The number of amides is 2. The van der Waals surface area contributed by atoms with Crippen LogP contribution < -0.4 is 15.8 Å². The molecule has 0 spiro atoms. The van der Waals surface area contributed by atoms with E-state index < -0.39 is 12.0 Å². The van der Waals surface area contributed by atoms with Crippen LogP contribution in [0.25, 0.3) is 0 Å². The number of rotatable bonds is 5. The Kier molecular flexibility index (Phi) is 4.78. The molecule has 5 nitrogen and oxygen atoms in total. The van der Waals surface area contributed by atoms with Crippen LogP contribution in [-0.4, -0.2) is 17.9 Å². The molecular weight excluding hydrogens is 280 g/mol. The Morgan fingerprint density at radius 1 is 1.09 bits per heavy atom. The van der Waals surface area contributed by atoms with Gasteiger partial charge in [-0.05, 0) is 49.7 Å². The van der Waals surface area contributed by atoms with Crippen LogP contribution >= 0.6 is 0 Å². The molecule has 2 aromatic carbocycles. The zero-order valence-electron chi connectivity index (χ0n) is 12.5. The average molecular weight is 298 g/mol. The van der Waals surface area contributed by atoms with Gasteiger partial charge in [0.05, 0.1) is 0 Å². The van der Waals surface area contributed by atoms with Gasteiger partial charge in [0.2, 0.25) is 5.91 Å². The lowest BCUT2D eigenvalue weighted by molar-refractivity contribution is -0.122. The molecule has 2 amide bonds. The zero-order valence-corrected chi connectivity index (χ0v) is 12.5. The Balaban J connectivity index is 1.99. The third-order valence-electron chi connectivity index (χ3n) is 3.20. The van der Waals surface area contributed by atoms with E-state index in [9.17, 15) is 9.59 Å². The highest BCUT2D eigenvalue weighted by Crippen LogP contribution is 2.18. The Labute approximate surface area is 129 Å². The Morgan fingerprint density at radius 3 is 2.32 bits per heavy atom. The van der Waals surface area contributed by atoms with Crippen molar-refractivity contribution in [2.75, 3.05) is 5.32 Å². The fourth-order valence-electron chi connectivity index (χ4n) is 1.89. The van der Waals surface area contributed by atoms with E-state index in [-0.39, 0.29) is 5.91 Å². The number of carbonyl (C=O) groups excluding carboxylic acids is 2. The minimum Gasteiger partial charge on any atom is -0.481 e. The fraction of sp³-hybridized carbons (Fsp3) is 0.176. The van der Waals surface area contributed by atoms with Crippen LogP contribution in [-0.2, 0) is 4.79 Å². The highest BCUT2D eigenvalue weighted by Gasteiger charge is 2.15. The third kappa shape index (κ3) is 3.85. The van der Waals surface area contributed by atoms with E-state index in [0.717, 1.165) is 5.56 Å². The summed E-state index contributed by atoms with van der Waals surface area (Å²) >= 11 is 0. The number of carbonyl (C=O) groups is 2. The summed E-state index contributed by atoms with van der Waals surface area (Å²) in [6.45, 7) is 3.60. The van der Waals surface area contributed by atoms with E-state index in [1.165, 1.54) is 0 Å². The molecule has 114 valence electrons. The first-order chi connectivity index (χ1) is 10.5. The van der Waals surface area contributed by atoms with Gasteiger partial charge in [-0.3, -0.25) is 9.59 Å². The Hall–Kier alpha value is -2.82. The van der Waals surface area contributed by atoms with Crippen molar-refractivity contribution < 1.29 is 14.3 Å². The Morgan fingerprint density at radius 2 is 1.73 bits per heavy atom. The molecule has 0 unspecified atom stereocenters. The first-order valence-electron chi connectivity index (χ1n) is 6.90. The van der Waals surface area contributed by atoms with E-state index in [1.54, 1.807) is 31.2 Å². The van der Waals surface area contributed by atoms with Crippen molar-refractivity contribution in [3.63, 3.8) is 0 Å². The van der Waals surface area contributed by atoms with Crippen molar-refractivity contribution in [1.29, 1.82) is 0 Å². The summed E-state index contributed by atoms with van der Waals surface area (Å²) in [6, 6.07) is 13.9. The molecule has 0 radical (unpaired) electrons. The van der Waals surface area contributed by atoms with Gasteiger partial charge in [-0.2, -0.15) is 0 Å². The van der Waals surface area contributed by atoms with Crippen LogP contribution in [0.5, 0.6) is 5.75 Å². The number of nitrogens with one attached hydrogen (secondary N) is 1.